The Bertz CT molecular complexity index is 1040. The third-order valence-electron chi connectivity index (χ3n) is 5.14. The molecule has 4 rings (SSSR count). The topological polar surface area (TPSA) is 110 Å². The highest BCUT2D eigenvalue weighted by molar-refractivity contribution is 7.89. The van der Waals surface area contributed by atoms with E-state index >= 15 is 0 Å². The Kier molecular flexibility index (Phi) is 6.57. The molecule has 31 heavy (non-hydrogen) atoms. The fraction of sp³-hybridized carbons (Fsp3) is 0.429. The van der Waals surface area contributed by atoms with E-state index in [1.165, 1.54) is 12.1 Å². The zero-order valence-electron chi connectivity index (χ0n) is 17.2. The summed E-state index contributed by atoms with van der Waals surface area (Å²) in [5, 5.41) is 2.85. The molecule has 2 aliphatic heterocycles. The molecule has 2 aromatic rings. The van der Waals surface area contributed by atoms with Crippen molar-refractivity contribution in [3.8, 4) is 11.5 Å². The maximum Gasteiger partial charge on any atom is 0.240 e. The predicted octanol–water partition coefficient (Wildman–Crippen LogP) is 2.15. The molecule has 0 unspecified atom stereocenters. The molecular formula is C21H26N4O5S. The number of sulfonamides is 1. The molecule has 9 nitrogen and oxygen atoms in total. The van der Waals surface area contributed by atoms with Crippen LogP contribution in [0.15, 0.2) is 41.4 Å². The Hall–Kier alpha value is -2.85. The summed E-state index contributed by atoms with van der Waals surface area (Å²) in [6, 6.07) is 8.07. The second kappa shape index (κ2) is 9.52. The number of hydrogen-bond acceptors (Lipinski definition) is 7. The number of nitrogens with one attached hydrogen (secondary N) is 2. The molecule has 1 amide bonds. The van der Waals surface area contributed by atoms with E-state index in [-0.39, 0.29) is 23.8 Å². The standard InChI is InChI=1S/C21H26N4O5S/c26-20(24-17-5-3-9-22-21(17)25-11-1-2-12-25)8-10-23-31(27,28)16-6-7-18-19(15-16)30-14-4-13-29-18/h3,5-7,9,15,23H,1-2,4,8,10-14H2,(H,24,26). The van der Waals surface area contributed by atoms with Crippen molar-refractivity contribution in [1.29, 1.82) is 0 Å². The molecule has 2 N–H and O–H groups in total. The van der Waals surface area contributed by atoms with Gasteiger partial charge in [0, 0.05) is 44.7 Å². The highest BCUT2D eigenvalue weighted by Gasteiger charge is 2.20. The first-order valence-electron chi connectivity index (χ1n) is 10.4. The van der Waals surface area contributed by atoms with Crippen LogP contribution in [0.2, 0.25) is 0 Å². The fourth-order valence-electron chi connectivity index (χ4n) is 3.58. The van der Waals surface area contributed by atoms with Gasteiger partial charge in [-0.25, -0.2) is 18.1 Å². The lowest BCUT2D eigenvalue weighted by molar-refractivity contribution is -0.116. The van der Waals surface area contributed by atoms with E-state index in [2.05, 4.69) is 19.9 Å². The van der Waals surface area contributed by atoms with E-state index in [1.54, 1.807) is 24.4 Å². The van der Waals surface area contributed by atoms with Crippen LogP contribution in [0.3, 0.4) is 0 Å². The van der Waals surface area contributed by atoms with Gasteiger partial charge >= 0.3 is 0 Å². The lowest BCUT2D eigenvalue weighted by Gasteiger charge is -2.20. The summed E-state index contributed by atoms with van der Waals surface area (Å²) in [5.74, 6) is 1.40. The van der Waals surface area contributed by atoms with Gasteiger partial charge in [-0.3, -0.25) is 4.79 Å². The highest BCUT2D eigenvalue weighted by atomic mass is 32.2. The summed E-state index contributed by atoms with van der Waals surface area (Å²) in [4.78, 5) is 19.0. The third-order valence-corrected chi connectivity index (χ3v) is 6.60. The first kappa shape index (κ1) is 21.4. The second-order valence-electron chi connectivity index (χ2n) is 7.42. The number of ether oxygens (including phenoxy) is 2. The first-order chi connectivity index (χ1) is 15.0. The van der Waals surface area contributed by atoms with E-state index in [0.717, 1.165) is 38.2 Å². The molecule has 1 aromatic heterocycles. The van der Waals surface area contributed by atoms with E-state index in [0.29, 0.717) is 30.4 Å². The first-order valence-corrected chi connectivity index (χ1v) is 11.9. The van der Waals surface area contributed by atoms with Crippen LogP contribution >= 0.6 is 0 Å². The molecule has 1 saturated heterocycles. The molecule has 166 valence electrons. The Morgan fingerprint density at radius 1 is 1.06 bits per heavy atom. The maximum atomic E-state index is 12.6. The van der Waals surface area contributed by atoms with Crippen LogP contribution in [0.5, 0.6) is 11.5 Å². The van der Waals surface area contributed by atoms with Gasteiger partial charge in [-0.2, -0.15) is 0 Å². The van der Waals surface area contributed by atoms with Gasteiger partial charge in [-0.1, -0.05) is 0 Å². The summed E-state index contributed by atoms with van der Waals surface area (Å²) in [7, 11) is -3.78. The smallest absolute Gasteiger partial charge is 0.240 e. The Labute approximate surface area is 181 Å². The molecule has 1 aromatic carbocycles. The lowest BCUT2D eigenvalue weighted by atomic mass is 10.3. The van der Waals surface area contributed by atoms with Crippen LogP contribution in [0.1, 0.15) is 25.7 Å². The molecular weight excluding hydrogens is 420 g/mol. The molecule has 0 spiro atoms. The number of rotatable bonds is 7. The summed E-state index contributed by atoms with van der Waals surface area (Å²) >= 11 is 0. The fourth-order valence-corrected chi connectivity index (χ4v) is 4.63. The summed E-state index contributed by atoms with van der Waals surface area (Å²) in [6.07, 6.45) is 4.64. The Morgan fingerprint density at radius 3 is 2.65 bits per heavy atom. The van der Waals surface area contributed by atoms with Gasteiger partial charge in [0.1, 0.15) is 0 Å². The van der Waals surface area contributed by atoms with Gasteiger partial charge in [-0.05, 0) is 37.1 Å². The average Bonchev–Trinajstić information content (AvgIpc) is 3.18. The number of anilines is 2. The minimum atomic E-state index is -3.78. The van der Waals surface area contributed by atoms with E-state index in [1.807, 2.05) is 0 Å². The number of pyridine rings is 1. The summed E-state index contributed by atoms with van der Waals surface area (Å²) in [5.41, 5.74) is 0.639. The van der Waals surface area contributed by atoms with Gasteiger partial charge in [0.15, 0.2) is 17.3 Å². The van der Waals surface area contributed by atoms with Crippen molar-refractivity contribution in [3.05, 3.63) is 36.5 Å². The Balaban J connectivity index is 1.34. The molecule has 0 aliphatic carbocycles. The Morgan fingerprint density at radius 2 is 1.84 bits per heavy atom. The predicted molar refractivity (Wildman–Crippen MR) is 116 cm³/mol. The van der Waals surface area contributed by atoms with Crippen LogP contribution in [0.25, 0.3) is 0 Å². The van der Waals surface area contributed by atoms with E-state index in [9.17, 15) is 13.2 Å². The summed E-state index contributed by atoms with van der Waals surface area (Å²) in [6.45, 7) is 2.80. The van der Waals surface area contributed by atoms with Crippen LogP contribution in [-0.2, 0) is 14.8 Å². The van der Waals surface area contributed by atoms with Crippen LogP contribution in [0.4, 0.5) is 11.5 Å². The number of amides is 1. The zero-order chi connectivity index (χ0) is 21.7. The normalized spacial score (nSPS) is 16.1. The van der Waals surface area contributed by atoms with Gasteiger partial charge in [-0.15, -0.1) is 0 Å². The molecule has 0 saturated carbocycles. The molecule has 10 heteroatoms. The monoisotopic (exact) mass is 446 g/mol. The average molecular weight is 447 g/mol. The second-order valence-corrected chi connectivity index (χ2v) is 9.19. The number of aromatic nitrogens is 1. The van der Waals surface area contributed by atoms with Crippen LogP contribution in [0, 0.1) is 0 Å². The quantitative estimate of drug-likeness (QED) is 0.671. The molecule has 2 aliphatic rings. The minimum Gasteiger partial charge on any atom is -0.490 e. The van der Waals surface area contributed by atoms with Crippen molar-refractivity contribution in [2.24, 2.45) is 0 Å². The van der Waals surface area contributed by atoms with Gasteiger partial charge in [0.05, 0.1) is 23.8 Å². The molecule has 1 fully saturated rings. The minimum absolute atomic E-state index is 0.00187. The van der Waals surface area contributed by atoms with Crippen molar-refractivity contribution >= 4 is 27.4 Å². The van der Waals surface area contributed by atoms with Crippen molar-refractivity contribution < 1.29 is 22.7 Å². The van der Waals surface area contributed by atoms with Crippen LogP contribution in [-0.4, -0.2) is 52.2 Å². The third kappa shape index (κ3) is 5.26. The highest BCUT2D eigenvalue weighted by Crippen LogP contribution is 2.32. The molecule has 0 radical (unpaired) electrons. The van der Waals surface area contributed by atoms with Gasteiger partial charge < -0.3 is 19.7 Å². The molecule has 0 bridgehead atoms. The van der Waals surface area contributed by atoms with E-state index in [4.69, 9.17) is 9.47 Å². The van der Waals surface area contributed by atoms with Gasteiger partial charge in [0.2, 0.25) is 15.9 Å². The molecule has 3 heterocycles. The largest absolute Gasteiger partial charge is 0.490 e. The van der Waals surface area contributed by atoms with Crippen molar-refractivity contribution in [2.45, 2.75) is 30.6 Å². The van der Waals surface area contributed by atoms with E-state index < -0.39 is 10.0 Å². The number of nitrogens with zero attached hydrogens (tertiary/aromatic N) is 2. The van der Waals surface area contributed by atoms with Crippen LogP contribution < -0.4 is 24.4 Å². The lowest BCUT2D eigenvalue weighted by Crippen LogP contribution is -2.28. The SMILES string of the molecule is O=C(CCNS(=O)(=O)c1ccc2c(c1)OCCCO2)Nc1cccnc1N1CCCC1. The number of carbonyl (C=O) groups is 1. The van der Waals surface area contributed by atoms with Crippen molar-refractivity contribution in [1.82, 2.24) is 9.71 Å². The number of fused-ring (bicyclic) bond motifs is 1. The van der Waals surface area contributed by atoms with Gasteiger partial charge in [0.25, 0.3) is 0 Å². The zero-order valence-corrected chi connectivity index (χ0v) is 18.0. The van der Waals surface area contributed by atoms with Crippen molar-refractivity contribution in [3.63, 3.8) is 0 Å². The summed E-state index contributed by atoms with van der Waals surface area (Å²) < 4.78 is 38.8. The number of carbonyl (C=O) groups excluding carboxylic acids is 1. The van der Waals surface area contributed by atoms with Crippen molar-refractivity contribution in [2.75, 3.05) is 43.1 Å². The maximum absolute atomic E-state index is 12.6. The number of benzene rings is 1. The number of hydrogen-bond donors (Lipinski definition) is 2. The molecule has 0 atom stereocenters.